The number of hydrogen-bond acceptors (Lipinski definition) is 4. The van der Waals surface area contributed by atoms with E-state index in [4.69, 9.17) is 4.74 Å². The van der Waals surface area contributed by atoms with Gasteiger partial charge >= 0.3 is 0 Å². The summed E-state index contributed by atoms with van der Waals surface area (Å²) in [6.07, 6.45) is 0. The molecule has 0 aromatic heterocycles. The van der Waals surface area contributed by atoms with Crippen molar-refractivity contribution in [2.24, 2.45) is 0 Å². The molecule has 0 saturated heterocycles. The van der Waals surface area contributed by atoms with Crippen molar-refractivity contribution >= 4 is 56.7 Å². The molecule has 0 saturated carbocycles. The van der Waals surface area contributed by atoms with E-state index >= 15 is 0 Å². The molecule has 0 spiro atoms. The van der Waals surface area contributed by atoms with Gasteiger partial charge in [-0.1, -0.05) is 145 Å². The molecule has 9 aromatic carbocycles. The summed E-state index contributed by atoms with van der Waals surface area (Å²) in [5.41, 5.74) is 13.1. The third-order valence-electron chi connectivity index (χ3n) is 10.7. The summed E-state index contributed by atoms with van der Waals surface area (Å²) in [5.74, 6) is 1.69. The minimum Gasteiger partial charge on any atom is -0.451 e. The van der Waals surface area contributed by atoms with Crippen LogP contribution >= 0.6 is 11.8 Å². The molecule has 0 aliphatic carbocycles. The Labute approximate surface area is 330 Å². The highest BCUT2D eigenvalue weighted by molar-refractivity contribution is 7.99. The summed E-state index contributed by atoms with van der Waals surface area (Å²) in [6.45, 7) is 0. The lowest BCUT2D eigenvalue weighted by Crippen LogP contribution is -2.17. The van der Waals surface area contributed by atoms with E-state index in [1.165, 1.54) is 16.3 Å². The molecule has 264 valence electrons. The van der Waals surface area contributed by atoms with Gasteiger partial charge in [0.1, 0.15) is 0 Å². The Kier molecular flexibility index (Phi) is 7.75. The van der Waals surface area contributed by atoms with Gasteiger partial charge in [-0.05, 0) is 117 Å². The van der Waals surface area contributed by atoms with Gasteiger partial charge in [0, 0.05) is 22.7 Å². The van der Waals surface area contributed by atoms with Crippen LogP contribution in [-0.4, -0.2) is 0 Å². The fourth-order valence-corrected chi connectivity index (χ4v) is 9.21. The number of nitrogens with zero attached hydrogens (tertiary/aromatic N) is 2. The number of para-hydroxylation sites is 3. The van der Waals surface area contributed by atoms with E-state index in [9.17, 15) is 0 Å². The molecule has 0 radical (unpaired) electrons. The van der Waals surface area contributed by atoms with E-state index in [2.05, 4.69) is 216 Å². The molecular formula is C52H34N2OS. The Morgan fingerprint density at radius 2 is 0.821 bits per heavy atom. The Balaban J connectivity index is 1.26. The first-order valence-corrected chi connectivity index (χ1v) is 19.7. The monoisotopic (exact) mass is 734 g/mol. The molecule has 2 aliphatic rings. The number of rotatable bonds is 5. The van der Waals surface area contributed by atoms with Gasteiger partial charge in [-0.3, -0.25) is 0 Å². The molecule has 4 heteroatoms. The predicted molar refractivity (Wildman–Crippen MR) is 234 cm³/mol. The lowest BCUT2D eigenvalue weighted by atomic mass is 9.95. The molecular weight excluding hydrogens is 701 g/mol. The largest absolute Gasteiger partial charge is 0.451 e. The van der Waals surface area contributed by atoms with Crippen molar-refractivity contribution in [3.05, 3.63) is 206 Å². The Hall–Kier alpha value is -7.01. The summed E-state index contributed by atoms with van der Waals surface area (Å²) in [4.78, 5) is 6.92. The molecule has 11 rings (SSSR count). The van der Waals surface area contributed by atoms with Crippen molar-refractivity contribution in [1.82, 2.24) is 0 Å². The standard InChI is InChI=1S/C52H34N2OS/c1-4-15-35(16-5-1)38-29-39(36-17-6-2-7-18-36)31-42(30-38)54-44-33-40(46-24-12-20-37-19-10-11-23-45(37)46)32-43(34-44)53(41-21-8-3-9-22-41)47-25-13-27-49-51(47)55-52-48(54)26-14-28-50(52)56-49/h1-34H. The smallest absolute Gasteiger partial charge is 0.165 e. The molecule has 2 aliphatic heterocycles. The van der Waals surface area contributed by atoms with E-state index in [1.807, 2.05) is 0 Å². The Bertz CT molecular complexity index is 2870. The third-order valence-corrected chi connectivity index (χ3v) is 11.8. The Morgan fingerprint density at radius 1 is 0.339 bits per heavy atom. The number of benzene rings is 9. The second kappa shape index (κ2) is 13.4. The van der Waals surface area contributed by atoms with Crippen LogP contribution in [0.3, 0.4) is 0 Å². The number of ether oxygens (including phenoxy) is 1. The third kappa shape index (κ3) is 5.54. The van der Waals surface area contributed by atoms with Crippen molar-refractivity contribution < 1.29 is 4.74 Å². The van der Waals surface area contributed by atoms with E-state index in [-0.39, 0.29) is 0 Å². The second-order valence-electron chi connectivity index (χ2n) is 14.2. The molecule has 0 unspecified atom stereocenters. The molecule has 9 aromatic rings. The minimum atomic E-state index is 0.843. The van der Waals surface area contributed by atoms with E-state index < -0.39 is 0 Å². The van der Waals surface area contributed by atoms with Crippen molar-refractivity contribution in [1.29, 1.82) is 0 Å². The SMILES string of the molecule is c1ccc(-c2cc(-c3ccccc3)cc(N3c4cc(-c5cccc6ccccc56)cc(c4)N(c4ccccc4)c4cccc5c4Oc4c(cccc43)S5)c2)cc1. The number of anilines is 6. The topological polar surface area (TPSA) is 15.7 Å². The fourth-order valence-electron chi connectivity index (χ4n) is 8.20. The minimum absolute atomic E-state index is 0.843. The average Bonchev–Trinajstić information content (AvgIpc) is 3.26. The molecule has 0 fully saturated rings. The molecule has 56 heavy (non-hydrogen) atoms. The summed E-state index contributed by atoms with van der Waals surface area (Å²) < 4.78 is 7.21. The molecule has 0 N–H and O–H groups in total. The van der Waals surface area contributed by atoms with Gasteiger partial charge in [0.15, 0.2) is 11.5 Å². The lowest BCUT2D eigenvalue weighted by Gasteiger charge is -2.36. The van der Waals surface area contributed by atoms with Crippen LogP contribution in [0.25, 0.3) is 44.2 Å². The van der Waals surface area contributed by atoms with Gasteiger partial charge in [0.25, 0.3) is 0 Å². The first kappa shape index (κ1) is 32.4. The van der Waals surface area contributed by atoms with Crippen LogP contribution in [0.1, 0.15) is 0 Å². The van der Waals surface area contributed by atoms with Crippen molar-refractivity contribution in [3.63, 3.8) is 0 Å². The normalized spacial score (nSPS) is 12.6. The average molecular weight is 735 g/mol. The fraction of sp³-hybridized carbons (Fsp3) is 0. The van der Waals surface area contributed by atoms with Gasteiger partial charge < -0.3 is 14.5 Å². The van der Waals surface area contributed by atoms with Gasteiger partial charge in [-0.25, -0.2) is 0 Å². The number of hydrogen-bond donors (Lipinski definition) is 0. The first-order chi connectivity index (χ1) is 27.7. The summed E-state index contributed by atoms with van der Waals surface area (Å²) >= 11 is 1.76. The summed E-state index contributed by atoms with van der Waals surface area (Å²) in [7, 11) is 0. The quantitative estimate of drug-likeness (QED) is 0.175. The molecule has 3 nitrogen and oxygen atoms in total. The van der Waals surface area contributed by atoms with Crippen LogP contribution in [0, 0.1) is 0 Å². The van der Waals surface area contributed by atoms with Crippen LogP contribution in [-0.2, 0) is 0 Å². The van der Waals surface area contributed by atoms with Crippen LogP contribution in [0.15, 0.2) is 216 Å². The highest BCUT2D eigenvalue weighted by atomic mass is 32.2. The molecule has 0 atom stereocenters. The van der Waals surface area contributed by atoms with Gasteiger partial charge in [0.2, 0.25) is 0 Å². The van der Waals surface area contributed by atoms with Crippen LogP contribution < -0.4 is 14.5 Å². The Morgan fingerprint density at radius 3 is 1.45 bits per heavy atom. The van der Waals surface area contributed by atoms with Gasteiger partial charge in [-0.15, -0.1) is 0 Å². The first-order valence-electron chi connectivity index (χ1n) is 18.9. The van der Waals surface area contributed by atoms with E-state index in [1.54, 1.807) is 11.8 Å². The zero-order valence-electron chi connectivity index (χ0n) is 30.3. The van der Waals surface area contributed by atoms with Crippen LogP contribution in [0.2, 0.25) is 0 Å². The maximum atomic E-state index is 7.21. The van der Waals surface area contributed by atoms with Crippen LogP contribution in [0.4, 0.5) is 34.1 Å². The molecule has 4 bridgehead atoms. The zero-order valence-corrected chi connectivity index (χ0v) is 31.2. The highest BCUT2D eigenvalue weighted by Gasteiger charge is 2.31. The van der Waals surface area contributed by atoms with Crippen molar-refractivity contribution in [2.75, 3.05) is 9.80 Å². The lowest BCUT2D eigenvalue weighted by molar-refractivity contribution is 0.457. The van der Waals surface area contributed by atoms with E-state index in [0.717, 1.165) is 83.2 Å². The van der Waals surface area contributed by atoms with Crippen molar-refractivity contribution in [2.45, 2.75) is 9.79 Å². The zero-order chi connectivity index (χ0) is 37.0. The highest BCUT2D eigenvalue weighted by Crippen LogP contribution is 2.58. The maximum absolute atomic E-state index is 7.21. The predicted octanol–water partition coefficient (Wildman–Crippen LogP) is 15.4. The molecule has 2 heterocycles. The number of fused-ring (bicyclic) bond motifs is 3. The van der Waals surface area contributed by atoms with Crippen LogP contribution in [0.5, 0.6) is 11.5 Å². The maximum Gasteiger partial charge on any atom is 0.165 e. The van der Waals surface area contributed by atoms with Crippen molar-refractivity contribution in [3.8, 4) is 44.9 Å². The van der Waals surface area contributed by atoms with E-state index in [0.29, 0.717) is 0 Å². The van der Waals surface area contributed by atoms with Gasteiger partial charge in [-0.2, -0.15) is 0 Å². The summed E-state index contributed by atoms with van der Waals surface area (Å²) in [6, 6.07) is 74.3. The summed E-state index contributed by atoms with van der Waals surface area (Å²) in [5, 5.41) is 2.43. The van der Waals surface area contributed by atoms with Gasteiger partial charge in [0.05, 0.1) is 21.2 Å². The second-order valence-corrected chi connectivity index (χ2v) is 15.3. The molecule has 0 amide bonds.